The molecule has 3 N–H and O–H groups in total. The minimum Gasteiger partial charge on any atom is -0.462 e. The number of unbranched alkanes of at least 4 members (excludes halogenated alkanes) is 42. The molecule has 0 fully saturated rings. The Balaban J connectivity index is 5.27. The maximum Gasteiger partial charge on any atom is 0.472 e. The number of carbonyl (C=O) groups is 4. The van der Waals surface area contributed by atoms with Crippen LogP contribution < -0.4 is 0 Å². The first kappa shape index (κ1) is 92.1. The molecule has 0 bridgehead atoms. The molecule has 0 radical (unpaired) electrons. The molecule has 0 aliphatic carbocycles. The Bertz CT molecular complexity index is 1820. The van der Waals surface area contributed by atoms with Gasteiger partial charge in [0.25, 0.3) is 0 Å². The number of carbonyl (C=O) groups excluding carboxylic acids is 4. The molecule has 0 spiro atoms. The van der Waals surface area contributed by atoms with E-state index in [4.69, 9.17) is 37.0 Å². The topological polar surface area (TPSA) is 237 Å². The van der Waals surface area contributed by atoms with Crippen molar-refractivity contribution in [3.63, 3.8) is 0 Å². The molecule has 0 aromatic carbocycles. The van der Waals surface area contributed by atoms with E-state index in [0.717, 1.165) is 102 Å². The molecular weight excluding hydrogens is 1230 g/mol. The molecule has 0 aromatic rings. The highest BCUT2D eigenvalue weighted by molar-refractivity contribution is 7.47. The van der Waals surface area contributed by atoms with Crippen LogP contribution in [-0.4, -0.2) is 96.7 Å². The number of phosphoric ester groups is 2. The predicted octanol–water partition coefficient (Wildman–Crippen LogP) is 21.9. The second kappa shape index (κ2) is 66.9. The van der Waals surface area contributed by atoms with Gasteiger partial charge in [-0.15, -0.1) is 0 Å². The predicted molar refractivity (Wildman–Crippen MR) is 381 cm³/mol. The molecular formula is C75H146O17P2. The van der Waals surface area contributed by atoms with E-state index in [1.54, 1.807) is 0 Å². The zero-order chi connectivity index (χ0) is 69.3. The van der Waals surface area contributed by atoms with Crippen LogP contribution in [0.25, 0.3) is 0 Å². The number of esters is 4. The fraction of sp³-hybridized carbons (Fsp3) is 0.947. The van der Waals surface area contributed by atoms with E-state index >= 15 is 0 Å². The van der Waals surface area contributed by atoms with E-state index in [2.05, 4.69) is 41.5 Å². The molecule has 0 aliphatic heterocycles. The normalized spacial score (nSPS) is 14.6. The number of hydrogen-bond acceptors (Lipinski definition) is 15. The van der Waals surface area contributed by atoms with Gasteiger partial charge in [-0.05, 0) is 37.5 Å². The number of rotatable bonds is 74. The van der Waals surface area contributed by atoms with E-state index in [1.807, 2.05) is 0 Å². The summed E-state index contributed by atoms with van der Waals surface area (Å²) in [5.74, 6) is -0.527. The van der Waals surface area contributed by atoms with Crippen molar-refractivity contribution in [1.82, 2.24) is 0 Å². The molecule has 0 saturated carbocycles. The maximum atomic E-state index is 13.1. The van der Waals surface area contributed by atoms with Crippen LogP contribution in [0.3, 0.4) is 0 Å². The second-order valence-electron chi connectivity index (χ2n) is 27.5. The van der Waals surface area contributed by atoms with Gasteiger partial charge in [-0.25, -0.2) is 9.13 Å². The lowest BCUT2D eigenvalue weighted by Gasteiger charge is -2.21. The molecule has 0 aromatic heterocycles. The van der Waals surface area contributed by atoms with Crippen molar-refractivity contribution < 1.29 is 80.2 Å². The fourth-order valence-corrected chi connectivity index (χ4v) is 13.0. The van der Waals surface area contributed by atoms with Crippen molar-refractivity contribution in [2.24, 2.45) is 11.8 Å². The van der Waals surface area contributed by atoms with E-state index in [9.17, 15) is 43.2 Å². The number of hydrogen-bond donors (Lipinski definition) is 3. The lowest BCUT2D eigenvalue weighted by molar-refractivity contribution is -0.161. The minimum absolute atomic E-state index is 0.107. The van der Waals surface area contributed by atoms with Crippen molar-refractivity contribution in [1.29, 1.82) is 0 Å². The summed E-state index contributed by atoms with van der Waals surface area (Å²) in [5, 5.41) is 10.6. The first-order valence-electron chi connectivity index (χ1n) is 39.1. The minimum atomic E-state index is -4.96. The monoisotopic (exact) mass is 1380 g/mol. The molecule has 19 heteroatoms. The molecule has 0 amide bonds. The molecule has 94 heavy (non-hydrogen) atoms. The van der Waals surface area contributed by atoms with Gasteiger partial charge in [-0.3, -0.25) is 37.3 Å². The van der Waals surface area contributed by atoms with Gasteiger partial charge in [-0.1, -0.05) is 337 Å². The van der Waals surface area contributed by atoms with Crippen molar-refractivity contribution in [3.05, 3.63) is 0 Å². The summed E-state index contributed by atoms with van der Waals surface area (Å²) in [6.45, 7) is 9.63. The molecule has 0 rings (SSSR count). The molecule has 0 heterocycles. The average Bonchev–Trinajstić information content (AvgIpc) is 1.46. The van der Waals surface area contributed by atoms with Gasteiger partial charge < -0.3 is 33.8 Å². The van der Waals surface area contributed by atoms with E-state index in [-0.39, 0.29) is 25.7 Å². The van der Waals surface area contributed by atoms with Crippen LogP contribution in [0.15, 0.2) is 0 Å². The standard InChI is InChI=1S/C75H146O17P2/c1-7-11-13-15-17-19-21-23-24-26-28-34-42-48-54-60-75(80)91-70(63-85-72(77)57-51-45-39-32-30-29-31-37-43-49-55-67(5)9-3)65-89-93(81,82)87-61-69(76)62-88-94(83,84)90-66-71(64-86-73(78)58-52-46-40-36-35-38-44-50-56-68(6)10-4)92-74(79)59-53-47-41-33-27-25-22-20-18-16-14-12-8-2/h67-71,76H,7-66H2,1-6H3,(H,81,82)(H,83,84)/t67?,68?,69-,70-,71-/m1/s1. The summed E-state index contributed by atoms with van der Waals surface area (Å²) in [7, 11) is -9.91. The average molecular weight is 1380 g/mol. The third-order valence-corrected chi connectivity index (χ3v) is 20.1. The summed E-state index contributed by atoms with van der Waals surface area (Å²) in [6, 6.07) is 0. The van der Waals surface area contributed by atoms with Crippen LogP contribution >= 0.6 is 15.6 Å². The van der Waals surface area contributed by atoms with Gasteiger partial charge >= 0.3 is 39.5 Å². The molecule has 0 saturated heterocycles. The zero-order valence-corrected chi connectivity index (χ0v) is 63.1. The lowest BCUT2D eigenvalue weighted by Crippen LogP contribution is -2.30. The summed E-state index contributed by atoms with van der Waals surface area (Å²) >= 11 is 0. The van der Waals surface area contributed by atoms with Gasteiger partial charge in [0.2, 0.25) is 0 Å². The van der Waals surface area contributed by atoms with Crippen LogP contribution in [0.1, 0.15) is 388 Å². The highest BCUT2D eigenvalue weighted by Gasteiger charge is 2.30. The first-order chi connectivity index (χ1) is 45.4. The summed E-state index contributed by atoms with van der Waals surface area (Å²) in [6.07, 6.45) is 53.8. The first-order valence-corrected chi connectivity index (χ1v) is 42.1. The number of phosphoric acid groups is 2. The maximum absolute atomic E-state index is 13.1. The Kier molecular flexibility index (Phi) is 65.5. The number of aliphatic hydroxyl groups excluding tert-OH is 1. The highest BCUT2D eigenvalue weighted by atomic mass is 31.2. The lowest BCUT2D eigenvalue weighted by atomic mass is 9.99. The van der Waals surface area contributed by atoms with Gasteiger partial charge in [0.1, 0.15) is 19.3 Å². The van der Waals surface area contributed by atoms with Gasteiger partial charge in [0, 0.05) is 25.7 Å². The third-order valence-electron chi connectivity index (χ3n) is 18.2. The van der Waals surface area contributed by atoms with Crippen molar-refractivity contribution in [2.45, 2.75) is 407 Å². The Hall–Kier alpha value is -1.94. The molecule has 558 valence electrons. The summed E-state index contributed by atoms with van der Waals surface area (Å²) in [4.78, 5) is 72.8. The van der Waals surface area contributed by atoms with Crippen molar-refractivity contribution >= 4 is 39.5 Å². The van der Waals surface area contributed by atoms with Gasteiger partial charge in [-0.2, -0.15) is 0 Å². The SMILES string of the molecule is CCCCCCCCCCCCCCCCCC(=O)O[C@H](COC(=O)CCCCCCCCCCCCC(C)CC)COP(=O)(O)OC[C@@H](O)COP(=O)(O)OC[C@@H](COC(=O)CCCCCCCCCCC(C)CC)OC(=O)CCCCCCCCCCCCCCC. The van der Waals surface area contributed by atoms with Crippen molar-refractivity contribution in [3.8, 4) is 0 Å². The molecule has 4 unspecified atom stereocenters. The Morgan fingerprint density at radius 1 is 0.298 bits per heavy atom. The number of ether oxygens (including phenoxy) is 4. The van der Waals surface area contributed by atoms with Gasteiger partial charge in [0.05, 0.1) is 26.4 Å². The van der Waals surface area contributed by atoms with Gasteiger partial charge in [0.15, 0.2) is 12.2 Å². The number of aliphatic hydroxyl groups is 1. The smallest absolute Gasteiger partial charge is 0.462 e. The molecule has 0 aliphatic rings. The Morgan fingerprint density at radius 2 is 0.511 bits per heavy atom. The van der Waals surface area contributed by atoms with E-state index in [0.29, 0.717) is 25.7 Å². The quantitative estimate of drug-likeness (QED) is 0.0222. The Morgan fingerprint density at radius 3 is 0.755 bits per heavy atom. The van der Waals surface area contributed by atoms with E-state index in [1.165, 1.54) is 205 Å². The molecule has 17 nitrogen and oxygen atoms in total. The Labute approximate surface area is 575 Å². The second-order valence-corrected chi connectivity index (χ2v) is 30.4. The zero-order valence-electron chi connectivity index (χ0n) is 61.3. The van der Waals surface area contributed by atoms with Crippen LogP contribution in [0, 0.1) is 11.8 Å². The van der Waals surface area contributed by atoms with Crippen LogP contribution in [0.2, 0.25) is 0 Å². The van der Waals surface area contributed by atoms with E-state index < -0.39 is 97.5 Å². The fourth-order valence-electron chi connectivity index (χ4n) is 11.4. The highest BCUT2D eigenvalue weighted by Crippen LogP contribution is 2.45. The summed E-state index contributed by atoms with van der Waals surface area (Å²) < 4.78 is 68.5. The van der Waals surface area contributed by atoms with Crippen LogP contribution in [0.4, 0.5) is 0 Å². The summed E-state index contributed by atoms with van der Waals surface area (Å²) in [5.41, 5.74) is 0. The molecule has 7 atom stereocenters. The largest absolute Gasteiger partial charge is 0.472 e. The van der Waals surface area contributed by atoms with Crippen molar-refractivity contribution in [2.75, 3.05) is 39.6 Å². The third kappa shape index (κ3) is 66.0. The van der Waals surface area contributed by atoms with Crippen LogP contribution in [-0.2, 0) is 65.4 Å². The van der Waals surface area contributed by atoms with Crippen LogP contribution in [0.5, 0.6) is 0 Å².